The highest BCUT2D eigenvalue weighted by Crippen LogP contribution is 2.50. The van der Waals surface area contributed by atoms with Crippen LogP contribution in [0, 0.1) is 0 Å². The van der Waals surface area contributed by atoms with Gasteiger partial charge in [-0.2, -0.15) is 13.2 Å². The van der Waals surface area contributed by atoms with Gasteiger partial charge in [0.2, 0.25) is 5.91 Å². The molecular weight excluding hydrogens is 541 g/mol. The molecule has 2 N–H and O–H groups in total. The second-order valence-electron chi connectivity index (χ2n) is 11.7. The molecule has 5 rings (SSSR count). The van der Waals surface area contributed by atoms with Crippen molar-refractivity contribution in [2.75, 3.05) is 9.62 Å². The Hall–Kier alpha value is -3.60. The number of rotatable bonds is 4. The van der Waals surface area contributed by atoms with E-state index in [0.717, 1.165) is 17.2 Å². The number of alkyl halides is 3. The number of nitrogens with zero attached hydrogens (tertiary/aromatic N) is 2. The van der Waals surface area contributed by atoms with Crippen molar-refractivity contribution in [1.82, 2.24) is 10.3 Å². The minimum atomic E-state index is -4.66. The lowest BCUT2D eigenvalue weighted by atomic mass is 9.87. The first-order valence-electron chi connectivity index (χ1n) is 12.9. The standard InChI is InChI=1S/C29H31F3N4O3S/c1-17(37)33-25-15-28(25,5)20-9-12-22-23(14-20)36(16-18-6-13-24(29(30,31)32)35-26(18)34-22)40(38,39)21-10-7-19(8-11-21)27(2,3)4/h6-14,25H,15-16H2,1-5H3,(H,33,37)(H,34,35). The first-order valence-corrected chi connectivity index (χ1v) is 14.3. The second kappa shape index (κ2) is 9.22. The van der Waals surface area contributed by atoms with Gasteiger partial charge in [0, 0.05) is 23.9 Å². The molecule has 212 valence electrons. The maximum atomic E-state index is 14.1. The van der Waals surface area contributed by atoms with E-state index in [0.29, 0.717) is 23.4 Å². The first-order chi connectivity index (χ1) is 18.5. The van der Waals surface area contributed by atoms with E-state index in [4.69, 9.17) is 0 Å². The number of anilines is 3. The fraction of sp³-hybridized carbons (Fsp3) is 0.379. The van der Waals surface area contributed by atoms with Crippen molar-refractivity contribution < 1.29 is 26.4 Å². The van der Waals surface area contributed by atoms with Crippen LogP contribution in [0.1, 0.15) is 63.4 Å². The van der Waals surface area contributed by atoms with Gasteiger partial charge in [-0.25, -0.2) is 13.4 Å². The van der Waals surface area contributed by atoms with Gasteiger partial charge in [-0.3, -0.25) is 9.10 Å². The molecule has 2 unspecified atom stereocenters. The van der Waals surface area contributed by atoms with Crippen LogP contribution in [0.4, 0.5) is 30.4 Å². The van der Waals surface area contributed by atoms with Crippen LogP contribution < -0.4 is 14.9 Å². The van der Waals surface area contributed by atoms with E-state index in [2.05, 4.69) is 15.6 Å². The average Bonchev–Trinajstić information content (AvgIpc) is 3.55. The van der Waals surface area contributed by atoms with Crippen LogP contribution in [0.25, 0.3) is 0 Å². The minimum Gasteiger partial charge on any atom is -0.353 e. The van der Waals surface area contributed by atoms with Gasteiger partial charge in [0.25, 0.3) is 10.0 Å². The number of carbonyl (C=O) groups excluding carboxylic acids is 1. The van der Waals surface area contributed by atoms with Crippen LogP contribution in [0.5, 0.6) is 0 Å². The van der Waals surface area contributed by atoms with Crippen molar-refractivity contribution in [1.29, 1.82) is 0 Å². The van der Waals surface area contributed by atoms with E-state index >= 15 is 0 Å². The molecule has 1 aliphatic heterocycles. The molecule has 1 aliphatic carbocycles. The number of nitrogens with one attached hydrogen (secondary N) is 2. The third-order valence-electron chi connectivity index (χ3n) is 7.69. The quantitative estimate of drug-likeness (QED) is 0.399. The topological polar surface area (TPSA) is 91.4 Å². The fourth-order valence-electron chi connectivity index (χ4n) is 5.06. The normalized spacial score (nSPS) is 20.6. The molecule has 3 aromatic rings. The Balaban J connectivity index is 1.63. The van der Waals surface area contributed by atoms with Gasteiger partial charge in [-0.1, -0.05) is 52.0 Å². The number of halogens is 3. The van der Waals surface area contributed by atoms with Gasteiger partial charge in [0.1, 0.15) is 11.5 Å². The molecule has 1 aromatic heterocycles. The van der Waals surface area contributed by atoms with Crippen LogP contribution in [0.2, 0.25) is 0 Å². The molecule has 2 aromatic carbocycles. The van der Waals surface area contributed by atoms with Crippen LogP contribution in [-0.4, -0.2) is 25.4 Å². The fourth-order valence-corrected chi connectivity index (χ4v) is 6.51. The lowest BCUT2D eigenvalue weighted by Crippen LogP contribution is -2.31. The van der Waals surface area contributed by atoms with Gasteiger partial charge >= 0.3 is 6.18 Å². The molecule has 2 atom stereocenters. The number of pyridine rings is 1. The number of hydrogen-bond acceptors (Lipinski definition) is 5. The summed E-state index contributed by atoms with van der Waals surface area (Å²) < 4.78 is 69.8. The Morgan fingerprint density at radius 3 is 2.35 bits per heavy atom. The van der Waals surface area contributed by atoms with Gasteiger partial charge in [0.15, 0.2) is 0 Å². The summed E-state index contributed by atoms with van der Waals surface area (Å²) in [5.41, 5.74) is 1.01. The zero-order chi connectivity index (χ0) is 29.3. The Labute approximate surface area is 231 Å². The van der Waals surface area contributed by atoms with Gasteiger partial charge in [0.05, 0.1) is 22.8 Å². The molecular formula is C29H31F3N4O3S. The lowest BCUT2D eigenvalue weighted by molar-refractivity contribution is -0.141. The lowest BCUT2D eigenvalue weighted by Gasteiger charge is -2.26. The zero-order valence-corrected chi connectivity index (χ0v) is 23.7. The summed E-state index contributed by atoms with van der Waals surface area (Å²) in [6, 6.07) is 13.9. The maximum Gasteiger partial charge on any atom is 0.433 e. The van der Waals surface area contributed by atoms with E-state index in [9.17, 15) is 26.4 Å². The third-order valence-corrected chi connectivity index (χ3v) is 9.46. The van der Waals surface area contributed by atoms with Crippen molar-refractivity contribution in [3.63, 3.8) is 0 Å². The summed E-state index contributed by atoms with van der Waals surface area (Å²) in [5, 5.41) is 5.87. The molecule has 1 amide bonds. The second-order valence-corrected chi connectivity index (χ2v) is 13.6. The Morgan fingerprint density at radius 2 is 1.75 bits per heavy atom. The van der Waals surface area contributed by atoms with E-state index in [1.165, 1.54) is 17.3 Å². The van der Waals surface area contributed by atoms with Gasteiger partial charge in [-0.05, 0) is 53.3 Å². The van der Waals surface area contributed by atoms with Crippen LogP contribution in [0.3, 0.4) is 0 Å². The van der Waals surface area contributed by atoms with E-state index in [1.54, 1.807) is 42.5 Å². The summed E-state index contributed by atoms with van der Waals surface area (Å²) in [7, 11) is -4.14. The van der Waals surface area contributed by atoms with Gasteiger partial charge in [-0.15, -0.1) is 0 Å². The molecule has 1 saturated carbocycles. The summed E-state index contributed by atoms with van der Waals surface area (Å²) >= 11 is 0. The highest BCUT2D eigenvalue weighted by Gasteiger charge is 2.52. The molecule has 11 heteroatoms. The predicted octanol–water partition coefficient (Wildman–Crippen LogP) is 6.02. The molecule has 2 aliphatic rings. The van der Waals surface area contributed by atoms with Crippen molar-refractivity contribution >= 4 is 33.1 Å². The average molecular weight is 573 g/mol. The SMILES string of the molecule is CC(=O)NC1CC1(C)c1ccc2c(c1)N(S(=O)(=O)c1ccc(C(C)(C)C)cc1)Cc1ccc(C(F)(F)F)nc1N2. The Morgan fingerprint density at radius 1 is 1.07 bits per heavy atom. The first kappa shape index (κ1) is 27.9. The van der Waals surface area contributed by atoms with E-state index in [1.807, 2.05) is 27.7 Å². The van der Waals surface area contributed by atoms with E-state index < -0.39 is 27.3 Å². The Kier molecular flexibility index (Phi) is 6.44. The number of amides is 1. The highest BCUT2D eigenvalue weighted by atomic mass is 32.2. The number of hydrogen-bond donors (Lipinski definition) is 2. The van der Waals surface area contributed by atoms with Crippen LogP contribution >= 0.6 is 0 Å². The van der Waals surface area contributed by atoms with Crippen molar-refractivity contribution in [2.45, 2.75) is 75.5 Å². The number of benzene rings is 2. The molecule has 40 heavy (non-hydrogen) atoms. The number of aromatic nitrogens is 1. The number of fused-ring (bicyclic) bond motifs is 2. The summed E-state index contributed by atoms with van der Waals surface area (Å²) in [4.78, 5) is 15.5. The Bertz CT molecular complexity index is 1600. The minimum absolute atomic E-state index is 0.0571. The highest BCUT2D eigenvalue weighted by molar-refractivity contribution is 7.92. The van der Waals surface area contributed by atoms with Gasteiger partial charge < -0.3 is 10.6 Å². The third kappa shape index (κ3) is 5.02. The number of carbonyl (C=O) groups is 1. The molecule has 0 radical (unpaired) electrons. The van der Waals surface area contributed by atoms with Crippen molar-refractivity contribution in [2.24, 2.45) is 0 Å². The molecule has 2 heterocycles. The molecule has 0 bridgehead atoms. The smallest absolute Gasteiger partial charge is 0.353 e. The summed E-state index contributed by atoms with van der Waals surface area (Å²) in [6.07, 6.45) is -3.98. The summed E-state index contributed by atoms with van der Waals surface area (Å²) in [5.74, 6) is -0.214. The molecule has 1 fully saturated rings. The molecule has 7 nitrogen and oxygen atoms in total. The monoisotopic (exact) mass is 572 g/mol. The molecule has 0 spiro atoms. The van der Waals surface area contributed by atoms with Crippen LogP contribution in [0.15, 0.2) is 59.5 Å². The predicted molar refractivity (Wildman–Crippen MR) is 147 cm³/mol. The van der Waals surface area contributed by atoms with E-state index in [-0.39, 0.29) is 34.6 Å². The summed E-state index contributed by atoms with van der Waals surface area (Å²) in [6.45, 7) is 9.29. The van der Waals surface area contributed by atoms with Crippen molar-refractivity contribution in [3.8, 4) is 0 Å². The number of sulfonamides is 1. The molecule has 0 saturated heterocycles. The van der Waals surface area contributed by atoms with Crippen molar-refractivity contribution in [3.05, 3.63) is 77.0 Å². The van der Waals surface area contributed by atoms with Crippen LogP contribution in [-0.2, 0) is 38.4 Å². The largest absolute Gasteiger partial charge is 0.433 e. The maximum absolute atomic E-state index is 14.1. The zero-order valence-electron chi connectivity index (χ0n) is 22.8.